The summed E-state index contributed by atoms with van der Waals surface area (Å²) in [5.41, 5.74) is 1.73. The molecule has 2 N–H and O–H groups in total. The van der Waals surface area contributed by atoms with Gasteiger partial charge in [-0.15, -0.1) is 0 Å². The van der Waals surface area contributed by atoms with E-state index in [-0.39, 0.29) is 5.76 Å². The Balaban J connectivity index is 2.02. The van der Waals surface area contributed by atoms with Gasteiger partial charge in [0.15, 0.2) is 0 Å². The average Bonchev–Trinajstić information content (AvgIpc) is 2.91. The number of nitrogens with zero attached hydrogens (tertiary/aromatic N) is 1. The van der Waals surface area contributed by atoms with Crippen molar-refractivity contribution >= 4 is 46.4 Å². The molecule has 0 unspecified atom stereocenters. The summed E-state index contributed by atoms with van der Waals surface area (Å²) in [5, 5.41) is 6.25. The van der Waals surface area contributed by atoms with Crippen LogP contribution in [0.4, 0.5) is 11.5 Å². The molecule has 0 aliphatic rings. The Morgan fingerprint density at radius 3 is 2.83 bits per heavy atom. The zero-order valence-corrected chi connectivity index (χ0v) is 12.8. The number of hydrogen-bond donors (Lipinski definition) is 2. The number of para-hydroxylation sites is 1. The van der Waals surface area contributed by atoms with Gasteiger partial charge >= 0.3 is 0 Å². The van der Waals surface area contributed by atoms with Crippen molar-refractivity contribution < 1.29 is 14.0 Å². The van der Waals surface area contributed by atoms with Gasteiger partial charge in [-0.05, 0) is 30.7 Å². The van der Waals surface area contributed by atoms with Gasteiger partial charge < -0.3 is 15.1 Å². The summed E-state index contributed by atoms with van der Waals surface area (Å²) in [6, 6.07) is 8.64. The number of anilines is 2. The summed E-state index contributed by atoms with van der Waals surface area (Å²) >= 11 is 5.76. The van der Waals surface area contributed by atoms with Gasteiger partial charge in [-0.2, -0.15) is 0 Å². The molecule has 0 radical (unpaired) electrons. The molecule has 0 saturated carbocycles. The molecule has 2 aromatic heterocycles. The maximum atomic E-state index is 12.4. The molecule has 2 amide bonds. The van der Waals surface area contributed by atoms with E-state index in [1.807, 2.05) is 19.1 Å². The third-order valence-corrected chi connectivity index (χ3v) is 3.51. The second kappa shape index (κ2) is 6.10. The number of fused-ring (bicyclic) bond motifs is 1. The second-order valence-corrected chi connectivity index (χ2v) is 5.27. The summed E-state index contributed by atoms with van der Waals surface area (Å²) in [5.74, 6) is -0.174. The third-order valence-electron chi connectivity index (χ3n) is 3.29. The minimum atomic E-state index is -0.514. The van der Waals surface area contributed by atoms with Crippen molar-refractivity contribution in [2.24, 2.45) is 0 Å². The standard InChI is InChI=1S/C16H12ClN3O3/c1-9-3-2-4-11-13(19-8-21)15(23-14(9)11)16(22)20-12-6-5-10(17)7-18-12/h2-8H,1H3,(H,19,21)(H,18,20,22). The summed E-state index contributed by atoms with van der Waals surface area (Å²) in [6.07, 6.45) is 1.93. The first kappa shape index (κ1) is 15.1. The lowest BCUT2D eigenvalue weighted by molar-refractivity contribution is -0.105. The van der Waals surface area contributed by atoms with Crippen molar-refractivity contribution in [3.8, 4) is 0 Å². The van der Waals surface area contributed by atoms with Crippen LogP contribution in [0.1, 0.15) is 16.1 Å². The molecule has 0 aliphatic carbocycles. The summed E-state index contributed by atoms with van der Waals surface area (Å²) in [4.78, 5) is 27.3. The number of pyridine rings is 1. The molecule has 23 heavy (non-hydrogen) atoms. The smallest absolute Gasteiger partial charge is 0.294 e. The zero-order chi connectivity index (χ0) is 16.4. The predicted octanol–water partition coefficient (Wildman–Crippen LogP) is 3.61. The van der Waals surface area contributed by atoms with E-state index in [0.717, 1.165) is 5.56 Å². The lowest BCUT2D eigenvalue weighted by Gasteiger charge is -2.03. The Morgan fingerprint density at radius 1 is 1.30 bits per heavy atom. The van der Waals surface area contributed by atoms with Crippen LogP contribution in [0, 0.1) is 6.92 Å². The Morgan fingerprint density at radius 2 is 2.13 bits per heavy atom. The van der Waals surface area contributed by atoms with Gasteiger partial charge in [0.25, 0.3) is 5.91 Å². The highest BCUT2D eigenvalue weighted by Gasteiger charge is 2.21. The SMILES string of the molecule is Cc1cccc2c(NC=O)c(C(=O)Nc3ccc(Cl)cn3)oc12. The maximum Gasteiger partial charge on any atom is 0.294 e. The third kappa shape index (κ3) is 2.89. The summed E-state index contributed by atoms with van der Waals surface area (Å²) < 4.78 is 5.65. The lowest BCUT2D eigenvalue weighted by Crippen LogP contribution is -2.14. The molecule has 0 spiro atoms. The predicted molar refractivity (Wildman–Crippen MR) is 87.8 cm³/mol. The van der Waals surface area contributed by atoms with Gasteiger partial charge in [-0.3, -0.25) is 9.59 Å². The molecule has 116 valence electrons. The Labute approximate surface area is 136 Å². The van der Waals surface area contributed by atoms with Crippen molar-refractivity contribution in [3.63, 3.8) is 0 Å². The van der Waals surface area contributed by atoms with Crippen LogP contribution in [0.25, 0.3) is 11.0 Å². The van der Waals surface area contributed by atoms with Gasteiger partial charge in [0.1, 0.15) is 17.1 Å². The highest BCUT2D eigenvalue weighted by Crippen LogP contribution is 2.33. The summed E-state index contributed by atoms with van der Waals surface area (Å²) in [6.45, 7) is 1.86. The van der Waals surface area contributed by atoms with E-state index in [9.17, 15) is 9.59 Å². The van der Waals surface area contributed by atoms with E-state index in [1.165, 1.54) is 6.20 Å². The zero-order valence-electron chi connectivity index (χ0n) is 12.1. The van der Waals surface area contributed by atoms with Crippen LogP contribution in [0.15, 0.2) is 40.9 Å². The van der Waals surface area contributed by atoms with Crippen LogP contribution < -0.4 is 10.6 Å². The first-order valence-electron chi connectivity index (χ1n) is 6.75. The minimum absolute atomic E-state index is 0.0122. The van der Waals surface area contributed by atoms with E-state index < -0.39 is 5.91 Å². The maximum absolute atomic E-state index is 12.4. The van der Waals surface area contributed by atoms with Crippen molar-refractivity contribution in [1.29, 1.82) is 0 Å². The van der Waals surface area contributed by atoms with Crippen LogP contribution >= 0.6 is 11.6 Å². The molecular formula is C16H12ClN3O3. The van der Waals surface area contributed by atoms with Crippen LogP contribution in [-0.4, -0.2) is 17.3 Å². The highest BCUT2D eigenvalue weighted by atomic mass is 35.5. The molecule has 1 aromatic carbocycles. The van der Waals surface area contributed by atoms with E-state index in [1.54, 1.807) is 18.2 Å². The number of carbonyl (C=O) groups is 2. The number of aryl methyl sites for hydroxylation is 1. The quantitative estimate of drug-likeness (QED) is 0.716. The molecule has 6 nitrogen and oxygen atoms in total. The van der Waals surface area contributed by atoms with Gasteiger partial charge in [-0.25, -0.2) is 4.98 Å². The first-order chi connectivity index (χ1) is 11.1. The molecule has 7 heteroatoms. The molecule has 3 aromatic rings. The Bertz CT molecular complexity index is 887. The number of hydrogen-bond acceptors (Lipinski definition) is 4. The monoisotopic (exact) mass is 329 g/mol. The first-order valence-corrected chi connectivity index (χ1v) is 7.13. The number of nitrogens with one attached hydrogen (secondary N) is 2. The van der Waals surface area contributed by atoms with E-state index in [4.69, 9.17) is 16.0 Å². The van der Waals surface area contributed by atoms with Gasteiger partial charge in [0.05, 0.1) is 5.02 Å². The minimum Gasteiger partial charge on any atom is -0.448 e. The number of amides is 2. The van der Waals surface area contributed by atoms with Crippen molar-refractivity contribution in [3.05, 3.63) is 52.9 Å². The van der Waals surface area contributed by atoms with Crippen molar-refractivity contribution in [2.45, 2.75) is 6.92 Å². The van der Waals surface area contributed by atoms with Gasteiger partial charge in [-0.1, -0.05) is 23.7 Å². The van der Waals surface area contributed by atoms with Crippen LogP contribution in [0.3, 0.4) is 0 Å². The molecule has 0 atom stereocenters. The van der Waals surface area contributed by atoms with Crippen molar-refractivity contribution in [2.75, 3.05) is 10.6 Å². The molecule has 0 saturated heterocycles. The number of aromatic nitrogens is 1. The molecule has 3 rings (SSSR count). The van der Waals surface area contributed by atoms with Crippen LogP contribution in [-0.2, 0) is 4.79 Å². The van der Waals surface area contributed by atoms with Crippen LogP contribution in [0.5, 0.6) is 0 Å². The number of furan rings is 1. The van der Waals surface area contributed by atoms with E-state index in [0.29, 0.717) is 33.9 Å². The van der Waals surface area contributed by atoms with Gasteiger partial charge in [0.2, 0.25) is 12.2 Å². The number of halogens is 1. The highest BCUT2D eigenvalue weighted by molar-refractivity contribution is 6.30. The lowest BCUT2D eigenvalue weighted by atomic mass is 10.1. The fraction of sp³-hybridized carbons (Fsp3) is 0.0625. The largest absolute Gasteiger partial charge is 0.448 e. The average molecular weight is 330 g/mol. The second-order valence-electron chi connectivity index (χ2n) is 4.84. The van der Waals surface area contributed by atoms with E-state index >= 15 is 0 Å². The molecular weight excluding hydrogens is 318 g/mol. The Hall–Kier alpha value is -2.86. The van der Waals surface area contributed by atoms with Crippen LogP contribution in [0.2, 0.25) is 5.02 Å². The molecule has 2 heterocycles. The molecule has 0 fully saturated rings. The van der Waals surface area contributed by atoms with Gasteiger partial charge in [0, 0.05) is 11.6 Å². The fourth-order valence-corrected chi connectivity index (χ4v) is 2.36. The van der Waals surface area contributed by atoms with E-state index in [2.05, 4.69) is 15.6 Å². The molecule has 0 aliphatic heterocycles. The topological polar surface area (TPSA) is 84.2 Å². The number of carbonyl (C=O) groups excluding carboxylic acids is 2. The summed E-state index contributed by atoms with van der Waals surface area (Å²) in [7, 11) is 0. The fourth-order valence-electron chi connectivity index (χ4n) is 2.25. The van der Waals surface area contributed by atoms with Crippen molar-refractivity contribution in [1.82, 2.24) is 4.98 Å². The normalized spacial score (nSPS) is 10.5. The number of rotatable bonds is 4. The number of benzene rings is 1. The molecule has 0 bridgehead atoms. The Kier molecular flexibility index (Phi) is 3.99.